The van der Waals surface area contributed by atoms with Gasteiger partial charge in [0, 0.05) is 6.42 Å². The maximum atomic E-state index is 12.8. The summed E-state index contributed by atoms with van der Waals surface area (Å²) in [5, 5.41) is 4.99. The van der Waals surface area contributed by atoms with Gasteiger partial charge in [0.1, 0.15) is 18.7 Å². The number of alkyl carbamates (subject to hydrolysis) is 1. The molecule has 7 nitrogen and oxygen atoms in total. The van der Waals surface area contributed by atoms with Crippen molar-refractivity contribution in [1.29, 1.82) is 0 Å². The van der Waals surface area contributed by atoms with Gasteiger partial charge in [-0.05, 0) is 35.6 Å². The lowest BCUT2D eigenvalue weighted by Gasteiger charge is -2.23. The van der Waals surface area contributed by atoms with Gasteiger partial charge in [-0.3, -0.25) is 9.59 Å². The zero-order valence-electron chi connectivity index (χ0n) is 18.9. The summed E-state index contributed by atoms with van der Waals surface area (Å²) in [6.07, 6.45) is -5.13. The monoisotopic (exact) mass is 479 g/mol. The summed E-state index contributed by atoms with van der Waals surface area (Å²) in [7, 11) is 0. The van der Waals surface area contributed by atoms with Crippen LogP contribution in [-0.2, 0) is 33.5 Å². The molecule has 0 radical (unpaired) electrons. The summed E-state index contributed by atoms with van der Waals surface area (Å²) in [5.74, 6) is -1.49. The zero-order valence-corrected chi connectivity index (χ0v) is 18.9. The van der Waals surface area contributed by atoms with Crippen molar-refractivity contribution in [1.82, 2.24) is 10.6 Å². The molecule has 34 heavy (non-hydrogen) atoms. The van der Waals surface area contributed by atoms with E-state index < -0.39 is 41.7 Å². The molecule has 0 heterocycles. The summed E-state index contributed by atoms with van der Waals surface area (Å²) >= 11 is 0. The van der Waals surface area contributed by atoms with Crippen molar-refractivity contribution in [2.75, 3.05) is 0 Å². The summed E-state index contributed by atoms with van der Waals surface area (Å²) in [4.78, 5) is 37.0. The predicted octanol–water partition coefficient (Wildman–Crippen LogP) is 3.56. The quantitative estimate of drug-likeness (QED) is 0.484. The number of rotatable bonds is 10. The van der Waals surface area contributed by atoms with E-state index in [1.54, 1.807) is 24.3 Å². The van der Waals surface area contributed by atoms with Crippen molar-refractivity contribution >= 4 is 17.9 Å². The van der Waals surface area contributed by atoms with E-state index in [1.807, 2.05) is 19.9 Å². The molecule has 184 valence electrons. The van der Waals surface area contributed by atoms with E-state index in [2.05, 4.69) is 10.6 Å². The second kappa shape index (κ2) is 12.1. The van der Waals surface area contributed by atoms with Crippen molar-refractivity contribution < 1.29 is 32.3 Å². The van der Waals surface area contributed by atoms with Gasteiger partial charge in [0.2, 0.25) is 11.8 Å². The number of benzene rings is 2. The molecule has 4 N–H and O–H groups in total. The molecule has 0 bridgehead atoms. The predicted molar refractivity (Wildman–Crippen MR) is 119 cm³/mol. The topological polar surface area (TPSA) is 111 Å². The lowest BCUT2D eigenvalue weighted by molar-refractivity contribution is -0.137. The Hall–Kier alpha value is -3.56. The standard InChI is InChI=1S/C24H28F3N3O4/c1-15(2)12-20(30-23(33)34-14-17-6-4-3-5-7-17)22(32)29-19(21(28)31)13-16-8-10-18(11-9-16)24(25,26)27/h3-11,15,19-20H,12-14H2,1-2H3,(H2,28,31)(H,29,32)(H,30,33)/t19-,20-/m0/s1. The summed E-state index contributed by atoms with van der Waals surface area (Å²) < 4.78 is 43.4. The third-order valence-electron chi connectivity index (χ3n) is 4.91. The first-order valence-corrected chi connectivity index (χ1v) is 10.7. The molecule has 0 saturated carbocycles. The highest BCUT2D eigenvalue weighted by Gasteiger charge is 2.31. The SMILES string of the molecule is CC(C)C[C@H](NC(=O)OCc1ccccc1)C(=O)N[C@@H](Cc1ccc(C(F)(F)F)cc1)C(N)=O. The molecule has 0 aliphatic rings. The lowest BCUT2D eigenvalue weighted by Crippen LogP contribution is -2.54. The molecule has 2 rings (SSSR count). The number of nitrogens with two attached hydrogens (primary N) is 1. The van der Waals surface area contributed by atoms with Crippen LogP contribution in [0.15, 0.2) is 54.6 Å². The van der Waals surface area contributed by atoms with E-state index >= 15 is 0 Å². The third-order valence-corrected chi connectivity index (χ3v) is 4.91. The van der Waals surface area contributed by atoms with E-state index in [9.17, 15) is 27.6 Å². The van der Waals surface area contributed by atoms with E-state index in [4.69, 9.17) is 10.5 Å². The van der Waals surface area contributed by atoms with Gasteiger partial charge in [0.05, 0.1) is 5.56 Å². The molecule has 0 aliphatic carbocycles. The zero-order chi connectivity index (χ0) is 25.3. The second-order valence-electron chi connectivity index (χ2n) is 8.25. The summed E-state index contributed by atoms with van der Waals surface area (Å²) in [6, 6.07) is 11.0. The largest absolute Gasteiger partial charge is 0.445 e. The first-order valence-electron chi connectivity index (χ1n) is 10.7. The highest BCUT2D eigenvalue weighted by Crippen LogP contribution is 2.29. The molecule has 0 unspecified atom stereocenters. The smallest absolute Gasteiger partial charge is 0.416 e. The Bertz CT molecular complexity index is 964. The second-order valence-corrected chi connectivity index (χ2v) is 8.25. The minimum absolute atomic E-state index is 0.0144. The molecule has 0 fully saturated rings. The molecule has 10 heteroatoms. The van der Waals surface area contributed by atoms with Crippen LogP contribution in [0.2, 0.25) is 0 Å². The molecule has 3 amide bonds. The van der Waals surface area contributed by atoms with Crippen molar-refractivity contribution in [3.63, 3.8) is 0 Å². The van der Waals surface area contributed by atoms with E-state index in [-0.39, 0.29) is 25.4 Å². The minimum Gasteiger partial charge on any atom is -0.445 e. The average Bonchev–Trinajstić information content (AvgIpc) is 2.77. The number of halogens is 3. The fourth-order valence-corrected chi connectivity index (χ4v) is 3.17. The van der Waals surface area contributed by atoms with Crippen LogP contribution < -0.4 is 16.4 Å². The molecular formula is C24H28F3N3O4. The fourth-order valence-electron chi connectivity index (χ4n) is 3.17. The van der Waals surface area contributed by atoms with Crippen LogP contribution in [0.3, 0.4) is 0 Å². The number of ether oxygens (including phenoxy) is 1. The Kier molecular flexibility index (Phi) is 9.47. The average molecular weight is 479 g/mol. The van der Waals surface area contributed by atoms with Crippen LogP contribution in [0.4, 0.5) is 18.0 Å². The fraction of sp³-hybridized carbons (Fsp3) is 0.375. The van der Waals surface area contributed by atoms with Crippen LogP contribution >= 0.6 is 0 Å². The number of amides is 3. The highest BCUT2D eigenvalue weighted by molar-refractivity contribution is 5.90. The van der Waals surface area contributed by atoms with Crippen LogP contribution in [-0.4, -0.2) is 30.0 Å². The van der Waals surface area contributed by atoms with Gasteiger partial charge < -0.3 is 21.1 Å². The Balaban J connectivity index is 2.02. The molecule has 2 aromatic carbocycles. The van der Waals surface area contributed by atoms with Crippen LogP contribution in [0, 0.1) is 5.92 Å². The first-order chi connectivity index (χ1) is 16.0. The molecule has 0 spiro atoms. The Labute approximate surface area is 195 Å². The van der Waals surface area contributed by atoms with Crippen molar-refractivity contribution in [3.8, 4) is 0 Å². The number of hydrogen-bond donors (Lipinski definition) is 3. The summed E-state index contributed by atoms with van der Waals surface area (Å²) in [6.45, 7) is 3.72. The Morgan fingerprint density at radius 1 is 0.912 bits per heavy atom. The summed E-state index contributed by atoms with van der Waals surface area (Å²) in [5.41, 5.74) is 5.73. The van der Waals surface area contributed by atoms with Crippen LogP contribution in [0.5, 0.6) is 0 Å². The van der Waals surface area contributed by atoms with Crippen LogP contribution in [0.25, 0.3) is 0 Å². The van der Waals surface area contributed by atoms with Crippen molar-refractivity contribution in [3.05, 3.63) is 71.3 Å². The van der Waals surface area contributed by atoms with Gasteiger partial charge in [-0.25, -0.2) is 4.79 Å². The van der Waals surface area contributed by atoms with Gasteiger partial charge in [-0.2, -0.15) is 13.2 Å². The number of carbonyl (C=O) groups is 3. The third kappa shape index (κ3) is 8.76. The van der Waals surface area contributed by atoms with Gasteiger partial charge in [0.15, 0.2) is 0 Å². The number of alkyl halides is 3. The minimum atomic E-state index is -4.49. The van der Waals surface area contributed by atoms with E-state index in [1.165, 1.54) is 12.1 Å². The molecule has 0 aliphatic heterocycles. The van der Waals surface area contributed by atoms with E-state index in [0.717, 1.165) is 17.7 Å². The number of primary amides is 1. The van der Waals surface area contributed by atoms with Crippen molar-refractivity contribution in [2.45, 2.75) is 51.6 Å². The van der Waals surface area contributed by atoms with Gasteiger partial charge in [0.25, 0.3) is 0 Å². The van der Waals surface area contributed by atoms with Gasteiger partial charge in [-0.1, -0.05) is 56.3 Å². The van der Waals surface area contributed by atoms with E-state index in [0.29, 0.717) is 5.56 Å². The number of carbonyl (C=O) groups excluding carboxylic acids is 3. The number of hydrogen-bond acceptors (Lipinski definition) is 4. The number of nitrogens with one attached hydrogen (secondary N) is 2. The van der Waals surface area contributed by atoms with Gasteiger partial charge in [-0.15, -0.1) is 0 Å². The van der Waals surface area contributed by atoms with Gasteiger partial charge >= 0.3 is 12.3 Å². The lowest BCUT2D eigenvalue weighted by atomic mass is 10.0. The molecule has 2 aromatic rings. The molecule has 0 aromatic heterocycles. The molecule has 0 saturated heterocycles. The molecular weight excluding hydrogens is 451 g/mol. The maximum absolute atomic E-state index is 12.8. The normalized spacial score (nSPS) is 13.1. The highest BCUT2D eigenvalue weighted by atomic mass is 19.4. The van der Waals surface area contributed by atoms with Crippen LogP contribution in [0.1, 0.15) is 37.0 Å². The molecule has 2 atom stereocenters. The maximum Gasteiger partial charge on any atom is 0.416 e. The Morgan fingerprint density at radius 2 is 1.53 bits per heavy atom. The van der Waals surface area contributed by atoms with Crippen molar-refractivity contribution in [2.24, 2.45) is 11.7 Å². The Morgan fingerprint density at radius 3 is 2.06 bits per heavy atom. The first kappa shape index (κ1) is 26.7.